The second kappa shape index (κ2) is 23.0. The summed E-state index contributed by atoms with van der Waals surface area (Å²) in [6, 6.07) is 0. The van der Waals surface area contributed by atoms with Crippen LogP contribution >= 0.6 is 0 Å². The first-order valence-corrected chi connectivity index (χ1v) is 12.1. The van der Waals surface area contributed by atoms with Gasteiger partial charge in [0.1, 0.15) is 0 Å². The Morgan fingerprint density at radius 2 is 0.885 bits per heavy atom. The molecular formula is C24H50O2. The van der Waals surface area contributed by atoms with E-state index in [0.717, 1.165) is 19.4 Å². The first kappa shape index (κ1) is 25.9. The zero-order chi connectivity index (χ0) is 19.1. The number of aliphatic hydroxyl groups excluding tert-OH is 1. The van der Waals surface area contributed by atoms with Crippen molar-refractivity contribution in [2.24, 2.45) is 0 Å². The summed E-state index contributed by atoms with van der Waals surface area (Å²) in [7, 11) is 0. The number of hydrogen-bond acceptors (Lipinski definition) is 2. The van der Waals surface area contributed by atoms with E-state index in [1.54, 1.807) is 0 Å². The Balaban J connectivity index is 2.99. The van der Waals surface area contributed by atoms with Crippen LogP contribution in [0.5, 0.6) is 0 Å². The molecule has 0 aromatic rings. The fraction of sp³-hybridized carbons (Fsp3) is 1.00. The molecule has 26 heavy (non-hydrogen) atoms. The van der Waals surface area contributed by atoms with E-state index >= 15 is 0 Å². The highest BCUT2D eigenvalue weighted by Crippen LogP contribution is 2.14. The van der Waals surface area contributed by atoms with Crippen molar-refractivity contribution in [1.29, 1.82) is 0 Å². The van der Waals surface area contributed by atoms with E-state index in [-0.39, 0.29) is 6.10 Å². The third-order valence-corrected chi connectivity index (χ3v) is 5.42. The van der Waals surface area contributed by atoms with E-state index in [0.29, 0.717) is 6.61 Å². The number of aliphatic hydroxyl groups is 1. The molecule has 1 N–H and O–H groups in total. The van der Waals surface area contributed by atoms with Crippen LogP contribution in [0.2, 0.25) is 0 Å². The second-order valence-corrected chi connectivity index (χ2v) is 8.15. The van der Waals surface area contributed by atoms with Gasteiger partial charge in [-0.2, -0.15) is 0 Å². The molecule has 0 spiro atoms. The summed E-state index contributed by atoms with van der Waals surface area (Å²) in [5, 5.41) is 9.38. The van der Waals surface area contributed by atoms with Gasteiger partial charge in [0.2, 0.25) is 0 Å². The molecule has 1 atom stereocenters. The zero-order valence-corrected chi connectivity index (χ0v) is 18.3. The molecular weight excluding hydrogens is 320 g/mol. The summed E-state index contributed by atoms with van der Waals surface area (Å²) in [6.07, 6.45) is 25.9. The lowest BCUT2D eigenvalue weighted by Crippen LogP contribution is -2.14. The van der Waals surface area contributed by atoms with Gasteiger partial charge in [-0.25, -0.2) is 0 Å². The van der Waals surface area contributed by atoms with Crippen molar-refractivity contribution >= 4 is 0 Å². The summed E-state index contributed by atoms with van der Waals surface area (Å²) < 4.78 is 5.47. The minimum absolute atomic E-state index is 0.273. The molecule has 0 aromatic carbocycles. The Morgan fingerprint density at radius 1 is 0.538 bits per heavy atom. The molecule has 0 fully saturated rings. The molecule has 0 aliphatic rings. The minimum atomic E-state index is -0.273. The van der Waals surface area contributed by atoms with Crippen LogP contribution in [0.3, 0.4) is 0 Å². The van der Waals surface area contributed by atoms with Crippen molar-refractivity contribution in [3.63, 3.8) is 0 Å². The SMILES string of the molecule is CCCCCCCCCCCCCCCCCCCCOCC(O)CC. The topological polar surface area (TPSA) is 29.5 Å². The Bertz CT molecular complexity index is 242. The highest BCUT2D eigenvalue weighted by atomic mass is 16.5. The predicted octanol–water partition coefficient (Wildman–Crippen LogP) is 7.82. The first-order chi connectivity index (χ1) is 12.8. The molecule has 0 heterocycles. The van der Waals surface area contributed by atoms with Gasteiger partial charge in [-0.1, -0.05) is 123 Å². The zero-order valence-electron chi connectivity index (χ0n) is 18.3. The van der Waals surface area contributed by atoms with E-state index in [2.05, 4.69) is 6.92 Å². The fourth-order valence-corrected chi connectivity index (χ4v) is 3.44. The fourth-order valence-electron chi connectivity index (χ4n) is 3.44. The van der Waals surface area contributed by atoms with Crippen molar-refractivity contribution in [2.75, 3.05) is 13.2 Å². The van der Waals surface area contributed by atoms with Gasteiger partial charge in [0.25, 0.3) is 0 Å². The molecule has 0 rings (SSSR count). The molecule has 2 nitrogen and oxygen atoms in total. The van der Waals surface area contributed by atoms with E-state index < -0.39 is 0 Å². The summed E-state index contributed by atoms with van der Waals surface area (Å²) in [5.41, 5.74) is 0. The molecule has 0 aliphatic carbocycles. The van der Waals surface area contributed by atoms with Crippen LogP contribution in [-0.4, -0.2) is 24.4 Å². The Kier molecular flexibility index (Phi) is 22.9. The Hall–Kier alpha value is -0.0800. The standard InChI is InChI=1S/C24H50O2/c1-3-5-6-7-8-9-10-11-12-13-14-15-16-17-18-19-20-21-22-26-23-24(25)4-2/h24-25H,3-23H2,1-2H3. The van der Waals surface area contributed by atoms with Gasteiger partial charge in [0.05, 0.1) is 12.7 Å². The van der Waals surface area contributed by atoms with Crippen LogP contribution in [0.1, 0.15) is 136 Å². The van der Waals surface area contributed by atoms with E-state index in [1.807, 2.05) is 6.92 Å². The molecule has 158 valence electrons. The summed E-state index contributed by atoms with van der Waals surface area (Å²) in [5.74, 6) is 0. The van der Waals surface area contributed by atoms with Crippen LogP contribution in [-0.2, 0) is 4.74 Å². The maximum absolute atomic E-state index is 9.38. The van der Waals surface area contributed by atoms with Crippen LogP contribution in [0, 0.1) is 0 Å². The maximum Gasteiger partial charge on any atom is 0.0771 e. The second-order valence-electron chi connectivity index (χ2n) is 8.15. The van der Waals surface area contributed by atoms with Crippen LogP contribution in [0.25, 0.3) is 0 Å². The van der Waals surface area contributed by atoms with Crippen molar-refractivity contribution < 1.29 is 9.84 Å². The highest BCUT2D eigenvalue weighted by molar-refractivity contribution is 4.51. The molecule has 0 radical (unpaired) electrons. The average molecular weight is 371 g/mol. The average Bonchev–Trinajstić information content (AvgIpc) is 2.66. The highest BCUT2D eigenvalue weighted by Gasteiger charge is 1.99. The van der Waals surface area contributed by atoms with Gasteiger partial charge in [0.15, 0.2) is 0 Å². The Morgan fingerprint density at radius 3 is 1.23 bits per heavy atom. The van der Waals surface area contributed by atoms with E-state index in [1.165, 1.54) is 109 Å². The largest absolute Gasteiger partial charge is 0.391 e. The van der Waals surface area contributed by atoms with Crippen molar-refractivity contribution in [2.45, 2.75) is 142 Å². The van der Waals surface area contributed by atoms with Crippen molar-refractivity contribution in [3.05, 3.63) is 0 Å². The molecule has 1 unspecified atom stereocenters. The number of hydrogen-bond donors (Lipinski definition) is 1. The lowest BCUT2D eigenvalue weighted by molar-refractivity contribution is 0.0335. The molecule has 0 bridgehead atoms. The van der Waals surface area contributed by atoms with E-state index in [9.17, 15) is 5.11 Å². The third-order valence-electron chi connectivity index (χ3n) is 5.42. The van der Waals surface area contributed by atoms with Gasteiger partial charge in [-0.05, 0) is 12.8 Å². The molecule has 0 saturated carbocycles. The number of unbranched alkanes of at least 4 members (excludes halogenated alkanes) is 17. The molecule has 0 aromatic heterocycles. The molecule has 2 heteroatoms. The smallest absolute Gasteiger partial charge is 0.0771 e. The summed E-state index contributed by atoms with van der Waals surface area (Å²) in [6.45, 7) is 5.61. The van der Waals surface area contributed by atoms with Gasteiger partial charge in [-0.3, -0.25) is 0 Å². The van der Waals surface area contributed by atoms with Gasteiger partial charge in [-0.15, -0.1) is 0 Å². The third kappa shape index (κ3) is 22.0. The quantitative estimate of drug-likeness (QED) is 0.197. The van der Waals surface area contributed by atoms with Crippen molar-refractivity contribution in [3.8, 4) is 0 Å². The van der Waals surface area contributed by atoms with Gasteiger partial charge < -0.3 is 9.84 Å². The normalized spacial score (nSPS) is 12.6. The first-order valence-electron chi connectivity index (χ1n) is 12.1. The number of rotatable bonds is 22. The maximum atomic E-state index is 9.38. The predicted molar refractivity (Wildman–Crippen MR) is 116 cm³/mol. The van der Waals surface area contributed by atoms with E-state index in [4.69, 9.17) is 4.74 Å². The monoisotopic (exact) mass is 370 g/mol. The van der Waals surface area contributed by atoms with Gasteiger partial charge in [0, 0.05) is 6.61 Å². The Labute approximate surface area is 165 Å². The molecule has 0 aliphatic heterocycles. The van der Waals surface area contributed by atoms with Crippen LogP contribution in [0.4, 0.5) is 0 Å². The summed E-state index contributed by atoms with van der Waals surface area (Å²) >= 11 is 0. The summed E-state index contributed by atoms with van der Waals surface area (Å²) in [4.78, 5) is 0. The van der Waals surface area contributed by atoms with Crippen molar-refractivity contribution in [1.82, 2.24) is 0 Å². The number of ether oxygens (including phenoxy) is 1. The lowest BCUT2D eigenvalue weighted by Gasteiger charge is -2.08. The minimum Gasteiger partial charge on any atom is -0.391 e. The van der Waals surface area contributed by atoms with Crippen LogP contribution < -0.4 is 0 Å². The lowest BCUT2D eigenvalue weighted by atomic mass is 10.0. The molecule has 0 amide bonds. The molecule has 0 saturated heterocycles. The van der Waals surface area contributed by atoms with Crippen LogP contribution in [0.15, 0.2) is 0 Å². The van der Waals surface area contributed by atoms with Gasteiger partial charge >= 0.3 is 0 Å².